The number of pyridine rings is 1. The third kappa shape index (κ3) is 2.20. The van der Waals surface area contributed by atoms with Crippen molar-refractivity contribution in [1.82, 2.24) is 4.57 Å². The quantitative estimate of drug-likeness (QED) is 0.794. The lowest BCUT2D eigenvalue weighted by molar-refractivity contribution is 0.490. The van der Waals surface area contributed by atoms with Crippen LogP contribution in [0.5, 0.6) is 0 Å². The summed E-state index contributed by atoms with van der Waals surface area (Å²) in [4.78, 5) is 12.0. The first-order chi connectivity index (χ1) is 9.65. The van der Waals surface area contributed by atoms with Gasteiger partial charge in [-0.15, -0.1) is 0 Å². The van der Waals surface area contributed by atoms with Crippen molar-refractivity contribution in [2.45, 2.75) is 13.5 Å². The zero-order valence-electron chi connectivity index (χ0n) is 11.5. The molecule has 3 rings (SSSR count). The normalized spacial score (nSPS) is 10.9. The van der Waals surface area contributed by atoms with Crippen LogP contribution < -0.4 is 10.9 Å². The van der Waals surface area contributed by atoms with Gasteiger partial charge in [-0.3, -0.25) is 4.79 Å². The molecule has 2 heterocycles. The van der Waals surface area contributed by atoms with Crippen molar-refractivity contribution in [3.8, 4) is 0 Å². The number of rotatable bonds is 3. The number of furan rings is 1. The van der Waals surface area contributed by atoms with Gasteiger partial charge in [-0.1, -0.05) is 18.2 Å². The Morgan fingerprint density at radius 3 is 2.75 bits per heavy atom. The number of nitrogens with one attached hydrogen (secondary N) is 1. The molecule has 0 saturated carbocycles. The summed E-state index contributed by atoms with van der Waals surface area (Å²) in [5.41, 5.74) is 1.72. The first kappa shape index (κ1) is 12.5. The fraction of sp³-hybridized carbons (Fsp3) is 0.188. The summed E-state index contributed by atoms with van der Waals surface area (Å²) in [6.45, 7) is 2.47. The van der Waals surface area contributed by atoms with Crippen LogP contribution in [0.4, 0.5) is 5.69 Å². The first-order valence-corrected chi connectivity index (χ1v) is 6.53. The molecular formula is C16H16N2O2. The van der Waals surface area contributed by atoms with Crippen LogP contribution in [0.1, 0.15) is 11.5 Å². The number of nitrogens with zero attached hydrogens (tertiary/aromatic N) is 1. The number of fused-ring (bicyclic) bond motifs is 1. The maximum atomic E-state index is 12.0. The van der Waals surface area contributed by atoms with E-state index in [0.29, 0.717) is 6.54 Å². The van der Waals surface area contributed by atoms with E-state index in [-0.39, 0.29) is 5.56 Å². The molecule has 20 heavy (non-hydrogen) atoms. The highest BCUT2D eigenvalue weighted by molar-refractivity contribution is 5.91. The van der Waals surface area contributed by atoms with Gasteiger partial charge in [-0.2, -0.15) is 0 Å². The van der Waals surface area contributed by atoms with E-state index in [1.54, 1.807) is 17.7 Å². The van der Waals surface area contributed by atoms with Crippen molar-refractivity contribution in [3.05, 3.63) is 64.3 Å². The summed E-state index contributed by atoms with van der Waals surface area (Å²) in [5, 5.41) is 4.30. The number of hydrogen-bond donors (Lipinski definition) is 1. The van der Waals surface area contributed by atoms with Gasteiger partial charge < -0.3 is 14.3 Å². The summed E-state index contributed by atoms with van der Waals surface area (Å²) in [6.07, 6.45) is 0. The Labute approximate surface area is 116 Å². The van der Waals surface area contributed by atoms with E-state index >= 15 is 0 Å². The predicted octanol–water partition coefficient (Wildman–Crippen LogP) is 3.05. The predicted molar refractivity (Wildman–Crippen MR) is 80.0 cm³/mol. The van der Waals surface area contributed by atoms with Crippen LogP contribution in [0.15, 0.2) is 51.7 Å². The molecular weight excluding hydrogens is 252 g/mol. The molecule has 0 aliphatic carbocycles. The number of anilines is 1. The Hall–Kier alpha value is -2.49. The number of aryl methyl sites for hydroxylation is 2. The largest absolute Gasteiger partial charge is 0.465 e. The molecule has 0 aliphatic heterocycles. The van der Waals surface area contributed by atoms with Crippen LogP contribution in [-0.4, -0.2) is 4.57 Å². The molecule has 0 amide bonds. The van der Waals surface area contributed by atoms with Gasteiger partial charge in [0.25, 0.3) is 5.56 Å². The van der Waals surface area contributed by atoms with Crippen molar-refractivity contribution in [3.63, 3.8) is 0 Å². The highest BCUT2D eigenvalue weighted by Crippen LogP contribution is 2.21. The van der Waals surface area contributed by atoms with E-state index in [0.717, 1.165) is 28.1 Å². The van der Waals surface area contributed by atoms with Crippen LogP contribution in [-0.2, 0) is 13.6 Å². The zero-order chi connectivity index (χ0) is 14.1. The third-order valence-electron chi connectivity index (χ3n) is 3.40. The average Bonchev–Trinajstić information content (AvgIpc) is 2.87. The fourth-order valence-electron chi connectivity index (χ4n) is 2.32. The Morgan fingerprint density at radius 1 is 1.20 bits per heavy atom. The Kier molecular flexibility index (Phi) is 3.06. The maximum absolute atomic E-state index is 12.0. The summed E-state index contributed by atoms with van der Waals surface area (Å²) >= 11 is 0. The lowest BCUT2D eigenvalue weighted by Gasteiger charge is -2.11. The lowest BCUT2D eigenvalue weighted by Crippen LogP contribution is -2.17. The highest BCUT2D eigenvalue weighted by atomic mass is 16.3. The minimum Gasteiger partial charge on any atom is -0.465 e. The highest BCUT2D eigenvalue weighted by Gasteiger charge is 2.06. The van der Waals surface area contributed by atoms with Crippen LogP contribution in [0.3, 0.4) is 0 Å². The van der Waals surface area contributed by atoms with Crippen LogP contribution >= 0.6 is 0 Å². The molecule has 0 bridgehead atoms. The molecule has 1 N–H and O–H groups in total. The Morgan fingerprint density at radius 2 is 2.00 bits per heavy atom. The van der Waals surface area contributed by atoms with Gasteiger partial charge in [0.2, 0.25) is 0 Å². The van der Waals surface area contributed by atoms with E-state index in [1.165, 1.54) is 0 Å². The molecule has 0 fully saturated rings. The third-order valence-corrected chi connectivity index (χ3v) is 3.40. The molecule has 0 atom stereocenters. The van der Waals surface area contributed by atoms with E-state index in [2.05, 4.69) is 5.32 Å². The van der Waals surface area contributed by atoms with Crippen molar-refractivity contribution in [1.29, 1.82) is 0 Å². The summed E-state index contributed by atoms with van der Waals surface area (Å²) in [6, 6.07) is 13.3. The molecule has 0 aliphatic rings. The minimum absolute atomic E-state index is 0.0261. The Bertz CT molecular complexity index is 815. The first-order valence-electron chi connectivity index (χ1n) is 6.53. The second-order valence-electron chi connectivity index (χ2n) is 4.84. The van der Waals surface area contributed by atoms with E-state index in [9.17, 15) is 4.79 Å². The number of para-hydroxylation sites is 1. The van der Waals surface area contributed by atoms with Crippen LogP contribution in [0.25, 0.3) is 10.9 Å². The molecule has 2 aromatic heterocycles. The summed E-state index contributed by atoms with van der Waals surface area (Å²) in [7, 11) is 1.78. The van der Waals surface area contributed by atoms with Crippen molar-refractivity contribution >= 4 is 16.6 Å². The molecule has 4 heteroatoms. The van der Waals surface area contributed by atoms with E-state index in [1.807, 2.05) is 43.3 Å². The standard InChI is InChI=1S/C16H16N2O2/c1-11-7-8-12(20-11)10-17-14-9-16(19)18(2)15-6-4-3-5-13(14)15/h3-9,17H,10H2,1-2H3. The smallest absolute Gasteiger partial charge is 0.252 e. The molecule has 3 aromatic rings. The van der Waals surface area contributed by atoms with Gasteiger partial charge in [0.05, 0.1) is 12.1 Å². The van der Waals surface area contributed by atoms with Gasteiger partial charge in [-0.25, -0.2) is 0 Å². The second-order valence-corrected chi connectivity index (χ2v) is 4.84. The fourth-order valence-corrected chi connectivity index (χ4v) is 2.32. The van der Waals surface area contributed by atoms with Gasteiger partial charge in [0, 0.05) is 24.2 Å². The molecule has 102 valence electrons. The van der Waals surface area contributed by atoms with Crippen molar-refractivity contribution in [2.75, 3.05) is 5.32 Å². The second kappa shape index (κ2) is 4.89. The Balaban J connectivity index is 1.99. The van der Waals surface area contributed by atoms with Gasteiger partial charge in [-0.05, 0) is 25.1 Å². The molecule has 0 saturated heterocycles. The van der Waals surface area contributed by atoms with Crippen molar-refractivity contribution < 1.29 is 4.42 Å². The van der Waals surface area contributed by atoms with E-state index < -0.39 is 0 Å². The molecule has 0 radical (unpaired) electrons. The average molecular weight is 268 g/mol. The SMILES string of the molecule is Cc1ccc(CNc2cc(=O)n(C)c3ccccc23)o1. The van der Waals surface area contributed by atoms with Crippen LogP contribution in [0.2, 0.25) is 0 Å². The summed E-state index contributed by atoms with van der Waals surface area (Å²) in [5.74, 6) is 1.74. The maximum Gasteiger partial charge on any atom is 0.252 e. The van der Waals surface area contributed by atoms with E-state index in [4.69, 9.17) is 4.42 Å². The zero-order valence-corrected chi connectivity index (χ0v) is 11.5. The number of hydrogen-bond acceptors (Lipinski definition) is 3. The minimum atomic E-state index is -0.0261. The molecule has 1 aromatic carbocycles. The molecule has 4 nitrogen and oxygen atoms in total. The molecule has 0 spiro atoms. The van der Waals surface area contributed by atoms with Gasteiger partial charge >= 0.3 is 0 Å². The van der Waals surface area contributed by atoms with Gasteiger partial charge in [0.1, 0.15) is 11.5 Å². The molecule has 0 unspecified atom stereocenters. The monoisotopic (exact) mass is 268 g/mol. The lowest BCUT2D eigenvalue weighted by atomic mass is 10.2. The number of aromatic nitrogens is 1. The topological polar surface area (TPSA) is 47.2 Å². The summed E-state index contributed by atoms with van der Waals surface area (Å²) < 4.78 is 7.18. The van der Waals surface area contributed by atoms with Gasteiger partial charge in [0.15, 0.2) is 0 Å². The number of benzene rings is 1. The van der Waals surface area contributed by atoms with Crippen molar-refractivity contribution in [2.24, 2.45) is 7.05 Å². The van der Waals surface area contributed by atoms with Crippen LogP contribution in [0, 0.1) is 6.92 Å².